The Morgan fingerprint density at radius 3 is 2.30 bits per heavy atom. The van der Waals surface area contributed by atoms with Gasteiger partial charge in [0.15, 0.2) is 6.29 Å². The number of hydrogen-bond donors (Lipinski definition) is 1. The van der Waals surface area contributed by atoms with Gasteiger partial charge in [-0.25, -0.2) is 10.1 Å². The fraction of sp³-hybridized carbons (Fsp3) is 1.00. The van der Waals surface area contributed by atoms with E-state index < -0.39 is 10.6 Å². The standard InChI is InChI=1S/C5H8Cl2O3/c1-9-4(10-8)3-2-5(3,6)7/h3-4,8H,2H2,1H3. The third-order valence-electron chi connectivity index (χ3n) is 1.54. The average molecular weight is 187 g/mol. The quantitative estimate of drug-likeness (QED) is 0.316. The number of rotatable bonds is 3. The van der Waals surface area contributed by atoms with Crippen LogP contribution in [0.1, 0.15) is 6.42 Å². The van der Waals surface area contributed by atoms with Crippen LogP contribution in [0.5, 0.6) is 0 Å². The first-order chi connectivity index (χ1) is 4.61. The summed E-state index contributed by atoms with van der Waals surface area (Å²) >= 11 is 11.3. The summed E-state index contributed by atoms with van der Waals surface area (Å²) in [4.78, 5) is 3.97. The van der Waals surface area contributed by atoms with Gasteiger partial charge in [-0.2, -0.15) is 0 Å². The van der Waals surface area contributed by atoms with Gasteiger partial charge < -0.3 is 4.74 Å². The van der Waals surface area contributed by atoms with Gasteiger partial charge in [-0.3, -0.25) is 0 Å². The van der Waals surface area contributed by atoms with E-state index in [1.807, 2.05) is 0 Å². The first-order valence-electron chi connectivity index (χ1n) is 2.82. The Balaban J connectivity index is 2.36. The maximum Gasteiger partial charge on any atom is 0.196 e. The monoisotopic (exact) mass is 186 g/mol. The zero-order chi connectivity index (χ0) is 7.78. The zero-order valence-corrected chi connectivity index (χ0v) is 6.89. The van der Waals surface area contributed by atoms with Crippen molar-refractivity contribution in [3.63, 3.8) is 0 Å². The first-order valence-corrected chi connectivity index (χ1v) is 3.58. The highest BCUT2D eigenvalue weighted by molar-refractivity contribution is 6.50. The van der Waals surface area contributed by atoms with Gasteiger partial charge in [0.25, 0.3) is 0 Å². The van der Waals surface area contributed by atoms with Crippen LogP contribution in [0, 0.1) is 5.92 Å². The van der Waals surface area contributed by atoms with Crippen LogP contribution in [0.25, 0.3) is 0 Å². The minimum absolute atomic E-state index is 0.120. The second-order valence-electron chi connectivity index (χ2n) is 2.28. The maximum absolute atomic E-state index is 8.23. The fourth-order valence-electron chi connectivity index (χ4n) is 0.810. The molecule has 1 aliphatic carbocycles. The van der Waals surface area contributed by atoms with Gasteiger partial charge in [0, 0.05) is 13.0 Å². The number of methoxy groups -OCH3 is 1. The lowest BCUT2D eigenvalue weighted by Gasteiger charge is -2.10. The molecule has 0 aromatic heterocycles. The molecule has 1 N–H and O–H groups in total. The van der Waals surface area contributed by atoms with Crippen molar-refractivity contribution >= 4 is 23.2 Å². The van der Waals surface area contributed by atoms with Crippen molar-refractivity contribution in [2.75, 3.05) is 7.11 Å². The summed E-state index contributed by atoms with van der Waals surface area (Å²) in [6, 6.07) is 0. The van der Waals surface area contributed by atoms with Crippen LogP contribution in [-0.4, -0.2) is 23.0 Å². The van der Waals surface area contributed by atoms with Crippen LogP contribution >= 0.6 is 23.2 Å². The van der Waals surface area contributed by atoms with Gasteiger partial charge in [0.05, 0.1) is 0 Å². The van der Waals surface area contributed by atoms with Gasteiger partial charge in [0.1, 0.15) is 4.33 Å². The van der Waals surface area contributed by atoms with Crippen LogP contribution in [0.3, 0.4) is 0 Å². The van der Waals surface area contributed by atoms with Gasteiger partial charge in [-0.05, 0) is 6.42 Å². The molecular weight excluding hydrogens is 179 g/mol. The molecule has 0 aromatic carbocycles. The van der Waals surface area contributed by atoms with Crippen molar-refractivity contribution in [2.45, 2.75) is 17.0 Å². The molecular formula is C5H8Cl2O3. The summed E-state index contributed by atoms with van der Waals surface area (Å²) < 4.78 is 3.94. The zero-order valence-electron chi connectivity index (χ0n) is 5.38. The predicted molar refractivity (Wildman–Crippen MR) is 37.1 cm³/mol. The van der Waals surface area contributed by atoms with Gasteiger partial charge in [0.2, 0.25) is 0 Å². The van der Waals surface area contributed by atoms with Gasteiger partial charge >= 0.3 is 0 Å². The first kappa shape index (κ1) is 8.56. The number of hydrogen-bond acceptors (Lipinski definition) is 3. The molecule has 0 aliphatic heterocycles. The Morgan fingerprint density at radius 2 is 2.20 bits per heavy atom. The van der Waals surface area contributed by atoms with E-state index in [9.17, 15) is 0 Å². The summed E-state index contributed by atoms with van der Waals surface area (Å²) in [5.74, 6) is -0.120. The van der Waals surface area contributed by atoms with Crippen LogP contribution < -0.4 is 0 Å². The third-order valence-corrected chi connectivity index (χ3v) is 2.41. The Hall–Kier alpha value is 0.460. The molecule has 1 fully saturated rings. The topological polar surface area (TPSA) is 38.7 Å². The van der Waals surface area contributed by atoms with Gasteiger partial charge in [-0.15, -0.1) is 23.2 Å². The Morgan fingerprint density at radius 1 is 1.70 bits per heavy atom. The van der Waals surface area contributed by atoms with E-state index in [2.05, 4.69) is 4.89 Å². The van der Waals surface area contributed by atoms with Crippen molar-refractivity contribution < 1.29 is 14.9 Å². The van der Waals surface area contributed by atoms with Crippen molar-refractivity contribution in [2.24, 2.45) is 5.92 Å². The molecule has 10 heavy (non-hydrogen) atoms. The van der Waals surface area contributed by atoms with Crippen molar-refractivity contribution in [3.05, 3.63) is 0 Å². The fourth-order valence-corrected chi connectivity index (χ4v) is 1.35. The predicted octanol–water partition coefficient (Wildman–Crippen LogP) is 1.64. The van der Waals surface area contributed by atoms with Gasteiger partial charge in [-0.1, -0.05) is 0 Å². The Labute approximate surface area is 68.8 Å². The largest absolute Gasteiger partial charge is 0.353 e. The number of alkyl halides is 2. The van der Waals surface area contributed by atoms with E-state index in [4.69, 9.17) is 33.2 Å². The molecule has 0 amide bonds. The minimum atomic E-state index is -0.774. The molecule has 1 rings (SSSR count). The van der Waals surface area contributed by atoms with E-state index in [0.717, 1.165) is 0 Å². The van der Waals surface area contributed by atoms with E-state index >= 15 is 0 Å². The van der Waals surface area contributed by atoms with E-state index in [1.54, 1.807) is 0 Å². The molecule has 3 nitrogen and oxygen atoms in total. The summed E-state index contributed by atoms with van der Waals surface area (Å²) in [7, 11) is 1.42. The molecule has 1 aliphatic rings. The lowest BCUT2D eigenvalue weighted by Crippen LogP contribution is -2.18. The third kappa shape index (κ3) is 1.54. The van der Waals surface area contributed by atoms with Crippen molar-refractivity contribution in [1.82, 2.24) is 0 Å². The molecule has 0 spiro atoms. The van der Waals surface area contributed by atoms with E-state index in [-0.39, 0.29) is 5.92 Å². The van der Waals surface area contributed by atoms with E-state index in [0.29, 0.717) is 6.42 Å². The van der Waals surface area contributed by atoms with E-state index in [1.165, 1.54) is 7.11 Å². The van der Waals surface area contributed by atoms with Crippen LogP contribution in [0.4, 0.5) is 0 Å². The molecule has 2 atom stereocenters. The summed E-state index contributed by atoms with van der Waals surface area (Å²) in [5.41, 5.74) is 0. The highest BCUT2D eigenvalue weighted by Gasteiger charge is 2.57. The van der Waals surface area contributed by atoms with Crippen LogP contribution in [-0.2, 0) is 9.62 Å². The Bertz CT molecular complexity index is 124. The van der Waals surface area contributed by atoms with Crippen molar-refractivity contribution in [1.29, 1.82) is 0 Å². The molecule has 60 valence electrons. The normalized spacial score (nSPS) is 31.8. The van der Waals surface area contributed by atoms with Crippen LogP contribution in [0.2, 0.25) is 0 Å². The molecule has 0 bridgehead atoms. The highest BCUT2D eigenvalue weighted by Crippen LogP contribution is 2.55. The second kappa shape index (κ2) is 2.83. The smallest absolute Gasteiger partial charge is 0.196 e. The average Bonchev–Trinajstić information content (AvgIpc) is 2.44. The SMILES string of the molecule is COC(OO)C1CC1(Cl)Cl. The molecule has 2 unspecified atom stereocenters. The number of halogens is 2. The second-order valence-corrected chi connectivity index (χ2v) is 3.82. The molecule has 0 saturated heterocycles. The molecule has 1 saturated carbocycles. The van der Waals surface area contributed by atoms with Crippen molar-refractivity contribution in [3.8, 4) is 0 Å². The molecule has 0 heterocycles. The minimum Gasteiger partial charge on any atom is -0.353 e. The lowest BCUT2D eigenvalue weighted by atomic mass is 10.4. The molecule has 0 radical (unpaired) electrons. The lowest BCUT2D eigenvalue weighted by molar-refractivity contribution is -0.346. The van der Waals surface area contributed by atoms with Crippen LogP contribution in [0.15, 0.2) is 0 Å². The maximum atomic E-state index is 8.23. The molecule has 0 aromatic rings. The summed E-state index contributed by atoms with van der Waals surface area (Å²) in [6.07, 6.45) is -0.107. The highest BCUT2D eigenvalue weighted by atomic mass is 35.5. The Kier molecular flexibility index (Phi) is 2.42. The summed E-state index contributed by atoms with van der Waals surface area (Å²) in [5, 5.41) is 8.23. The number of ether oxygens (including phenoxy) is 1. The summed E-state index contributed by atoms with van der Waals surface area (Å²) in [6.45, 7) is 0. The molecule has 5 heteroatoms.